The zero-order chi connectivity index (χ0) is 18.0. The van der Waals surface area contributed by atoms with Crippen LogP contribution < -0.4 is 0 Å². The second-order valence-electron chi connectivity index (χ2n) is 9.55. The minimum atomic E-state index is -0.626. The van der Waals surface area contributed by atoms with Gasteiger partial charge in [0.15, 0.2) is 0 Å². The molecule has 1 nitrogen and oxygen atoms in total. The van der Waals surface area contributed by atoms with Crippen molar-refractivity contribution in [3.63, 3.8) is 0 Å². The molecule has 25 heavy (non-hydrogen) atoms. The molecule has 3 aliphatic rings. The van der Waals surface area contributed by atoms with Gasteiger partial charge in [-0.15, -0.1) is 0 Å². The lowest BCUT2D eigenvalue weighted by molar-refractivity contribution is 0.0648. The minimum absolute atomic E-state index is 0.196. The summed E-state index contributed by atoms with van der Waals surface area (Å²) in [4.78, 5) is 2.81. The Hall–Kier alpha value is -0.990. The van der Waals surface area contributed by atoms with Crippen molar-refractivity contribution in [1.29, 1.82) is 0 Å². The third-order valence-corrected chi connectivity index (χ3v) is 8.66. The van der Waals surface area contributed by atoms with E-state index in [0.29, 0.717) is 12.0 Å². The Balaban J connectivity index is 1.85. The monoisotopic (exact) mass is 355 g/mol. The summed E-state index contributed by atoms with van der Waals surface area (Å²) >= 11 is 0. The maximum Gasteiger partial charge on any atom is 0.0546 e. The smallest absolute Gasteiger partial charge is 0.0546 e. The molecule has 4 atom stereocenters. The highest BCUT2D eigenvalue weighted by Crippen LogP contribution is 2.58. The van der Waals surface area contributed by atoms with Crippen LogP contribution in [0, 0.1) is 5.92 Å². The average Bonchev–Trinajstić information content (AvgIpc) is 2.51. The molecule has 4 unspecified atom stereocenters. The van der Waals surface area contributed by atoms with Gasteiger partial charge in [0, 0.05) is 23.3 Å². The summed E-state index contributed by atoms with van der Waals surface area (Å²) in [6, 6.07) is 9.61. The second kappa shape index (κ2) is 5.76. The number of hydrogen-bond donors (Lipinski definition) is 0. The highest BCUT2D eigenvalue weighted by molar-refractivity contribution is 8.32. The highest BCUT2D eigenvalue weighted by Gasteiger charge is 2.52. The zero-order valence-corrected chi connectivity index (χ0v) is 17.4. The quantitative estimate of drug-likeness (QED) is 0.647. The van der Waals surface area contributed by atoms with Gasteiger partial charge in [0.1, 0.15) is 0 Å². The first-order valence-corrected chi connectivity index (χ1v) is 12.6. The van der Waals surface area contributed by atoms with Gasteiger partial charge in [0.2, 0.25) is 0 Å². The van der Waals surface area contributed by atoms with Gasteiger partial charge in [-0.3, -0.25) is 4.90 Å². The first-order valence-electron chi connectivity index (χ1n) is 9.64. The molecule has 1 aromatic carbocycles. The minimum Gasteiger partial charge on any atom is -0.282 e. The molecule has 1 aliphatic carbocycles. The van der Waals surface area contributed by atoms with Crippen LogP contribution in [0.15, 0.2) is 48.1 Å². The van der Waals surface area contributed by atoms with E-state index in [0.717, 1.165) is 11.2 Å². The molecule has 4 rings (SSSR count). The molecule has 0 amide bonds. The van der Waals surface area contributed by atoms with E-state index in [1.807, 2.05) is 0 Å². The summed E-state index contributed by atoms with van der Waals surface area (Å²) in [6.45, 7) is 8.40. The van der Waals surface area contributed by atoms with Gasteiger partial charge in [0.25, 0.3) is 0 Å². The molecule has 0 fully saturated rings. The third-order valence-electron chi connectivity index (χ3n) is 6.51. The van der Waals surface area contributed by atoms with Crippen molar-refractivity contribution >= 4 is 10.0 Å². The van der Waals surface area contributed by atoms with Gasteiger partial charge >= 0.3 is 0 Å². The first kappa shape index (κ1) is 17.4. The van der Waals surface area contributed by atoms with Gasteiger partial charge in [-0.2, -0.15) is 0 Å². The normalized spacial score (nSPS) is 34.7. The van der Waals surface area contributed by atoms with E-state index >= 15 is 0 Å². The molecule has 0 N–H and O–H groups in total. The van der Waals surface area contributed by atoms with E-state index in [-0.39, 0.29) is 5.54 Å². The largest absolute Gasteiger partial charge is 0.282 e. The summed E-state index contributed by atoms with van der Waals surface area (Å²) in [6.07, 6.45) is 16.3. The van der Waals surface area contributed by atoms with Crippen LogP contribution in [-0.2, 0) is 0 Å². The summed E-state index contributed by atoms with van der Waals surface area (Å²) in [5.74, 6) is 1.29. The lowest BCUT2D eigenvalue weighted by Crippen LogP contribution is -2.60. The number of fused-ring (bicyclic) bond motifs is 6. The average molecular weight is 356 g/mol. The first-order chi connectivity index (χ1) is 11.7. The van der Waals surface area contributed by atoms with Crippen molar-refractivity contribution in [2.75, 3.05) is 25.3 Å². The molecular formula is C23H33NS. The van der Waals surface area contributed by atoms with Crippen LogP contribution in [0.2, 0.25) is 0 Å². The van der Waals surface area contributed by atoms with Gasteiger partial charge in [-0.1, -0.05) is 61.9 Å². The number of nitrogens with zero attached hydrogens (tertiary/aromatic N) is 1. The van der Waals surface area contributed by atoms with Crippen LogP contribution in [0.1, 0.15) is 50.3 Å². The van der Waals surface area contributed by atoms with Crippen molar-refractivity contribution < 1.29 is 0 Å². The molecule has 0 saturated carbocycles. The Bertz CT molecular complexity index is 739. The van der Waals surface area contributed by atoms with Gasteiger partial charge in [0.05, 0.1) is 6.04 Å². The van der Waals surface area contributed by atoms with Crippen LogP contribution in [0.5, 0.6) is 0 Å². The van der Waals surface area contributed by atoms with Crippen LogP contribution >= 0.6 is 10.0 Å². The summed E-state index contributed by atoms with van der Waals surface area (Å²) < 4.78 is 0. The molecule has 0 aromatic heterocycles. The van der Waals surface area contributed by atoms with Crippen molar-refractivity contribution in [1.82, 2.24) is 4.90 Å². The molecular weight excluding hydrogens is 322 g/mol. The number of hydrogen-bond acceptors (Lipinski definition) is 1. The van der Waals surface area contributed by atoms with Gasteiger partial charge in [-0.25, -0.2) is 10.0 Å². The number of benzene rings is 1. The van der Waals surface area contributed by atoms with E-state index in [9.17, 15) is 0 Å². The second-order valence-corrected chi connectivity index (χ2v) is 14.0. The maximum absolute atomic E-state index is 2.81. The molecule has 136 valence electrons. The molecule has 0 spiro atoms. The van der Waals surface area contributed by atoms with Gasteiger partial charge in [-0.05, 0) is 49.2 Å². The molecule has 0 radical (unpaired) electrons. The predicted molar refractivity (Wildman–Crippen MR) is 113 cm³/mol. The summed E-state index contributed by atoms with van der Waals surface area (Å²) in [5.41, 5.74) is 5.01. The van der Waals surface area contributed by atoms with Crippen LogP contribution in [0.3, 0.4) is 0 Å². The Morgan fingerprint density at radius 2 is 1.84 bits per heavy atom. The van der Waals surface area contributed by atoms with E-state index in [2.05, 4.69) is 86.9 Å². The fraction of sp³-hybridized carbons (Fsp3) is 0.565. The topological polar surface area (TPSA) is 3.24 Å². The van der Waals surface area contributed by atoms with Crippen molar-refractivity contribution in [2.45, 2.75) is 49.9 Å². The van der Waals surface area contributed by atoms with Gasteiger partial charge < -0.3 is 0 Å². The third kappa shape index (κ3) is 2.64. The summed E-state index contributed by atoms with van der Waals surface area (Å²) in [5, 5.41) is 0.725. The maximum atomic E-state index is 2.81. The van der Waals surface area contributed by atoms with Crippen LogP contribution in [-0.4, -0.2) is 41.0 Å². The van der Waals surface area contributed by atoms with Crippen molar-refractivity contribution in [2.24, 2.45) is 5.92 Å². The zero-order valence-electron chi connectivity index (χ0n) is 16.6. The van der Waals surface area contributed by atoms with E-state index in [1.54, 1.807) is 11.1 Å². The molecule has 1 aromatic rings. The Morgan fingerprint density at radius 3 is 2.40 bits per heavy atom. The van der Waals surface area contributed by atoms with Crippen LogP contribution in [0.25, 0.3) is 0 Å². The SMILES string of the molecule is CC(C)CC1=CC2c3ccccc3C3C=CC3(C)N2CC1S(C)(C)C. The fourth-order valence-electron chi connectivity index (χ4n) is 5.14. The molecule has 0 bridgehead atoms. The molecule has 2 heterocycles. The van der Waals surface area contributed by atoms with Crippen molar-refractivity contribution in [3.05, 3.63) is 59.2 Å². The lowest BCUT2D eigenvalue weighted by atomic mass is 9.64. The highest BCUT2D eigenvalue weighted by atomic mass is 32.3. The van der Waals surface area contributed by atoms with Crippen LogP contribution in [0.4, 0.5) is 0 Å². The molecule has 0 saturated heterocycles. The molecule has 2 heteroatoms. The van der Waals surface area contributed by atoms with E-state index in [4.69, 9.17) is 0 Å². The molecule has 2 aliphatic heterocycles. The number of rotatable bonds is 3. The fourth-order valence-corrected chi connectivity index (χ4v) is 6.83. The Morgan fingerprint density at radius 1 is 1.16 bits per heavy atom. The van der Waals surface area contributed by atoms with Crippen molar-refractivity contribution in [3.8, 4) is 0 Å². The lowest BCUT2D eigenvalue weighted by Gasteiger charge is -2.60. The Labute approximate surface area is 155 Å². The Kier molecular flexibility index (Phi) is 4.01. The van der Waals surface area contributed by atoms with E-state index < -0.39 is 10.0 Å². The predicted octanol–water partition coefficient (Wildman–Crippen LogP) is 5.50. The summed E-state index contributed by atoms with van der Waals surface area (Å²) in [7, 11) is -0.626. The van der Waals surface area contributed by atoms with E-state index in [1.165, 1.54) is 18.5 Å². The standard InChI is InChI=1S/C23H33NS/c1-16(2)13-17-14-21-19-10-8-7-9-18(19)20-11-12-23(20,3)24(21)15-22(17)25(4,5)6/h7-12,14,16,20-22H,13,15H2,1-6H3.